The van der Waals surface area contributed by atoms with Crippen LogP contribution in [0.5, 0.6) is 5.75 Å². The zero-order valence-corrected chi connectivity index (χ0v) is 15.7. The molecule has 0 aliphatic rings. The van der Waals surface area contributed by atoms with Gasteiger partial charge in [0, 0.05) is 15.2 Å². The van der Waals surface area contributed by atoms with Gasteiger partial charge in [-0.25, -0.2) is 16.8 Å². The van der Waals surface area contributed by atoms with Crippen molar-refractivity contribution >= 4 is 45.5 Å². The number of sulfone groups is 1. The Morgan fingerprint density at radius 3 is 2.24 bits per heavy atom. The smallest absolute Gasteiger partial charge is 0.265 e. The molecule has 0 aromatic heterocycles. The van der Waals surface area contributed by atoms with E-state index in [0.29, 0.717) is 4.47 Å². The Bertz CT molecular complexity index is 721. The number of hydrogen-bond donors (Lipinski definition) is 0. The summed E-state index contributed by atoms with van der Waals surface area (Å²) >= 11 is 3.14. The third kappa shape index (κ3) is 5.12. The van der Waals surface area contributed by atoms with Gasteiger partial charge < -0.3 is 4.74 Å². The molecule has 0 heterocycles. The Kier molecular flexibility index (Phi) is 5.74. The van der Waals surface area contributed by atoms with Crippen LogP contribution in [0.25, 0.3) is 0 Å². The van der Waals surface area contributed by atoms with Crippen molar-refractivity contribution in [2.24, 2.45) is 0 Å². The standard InChI is InChI=1S/C12H16BrClO5S2/c1-12(2,3)20(15,16)7-6-19-10-5-4-9(13)8-11(10)21(14,17)18/h4-5,8H,6-7H2,1-3H3. The maximum absolute atomic E-state index is 11.9. The summed E-state index contributed by atoms with van der Waals surface area (Å²) in [6.45, 7) is 4.63. The molecule has 0 unspecified atom stereocenters. The fourth-order valence-corrected chi connectivity index (χ4v) is 3.78. The van der Waals surface area contributed by atoms with E-state index in [1.54, 1.807) is 26.8 Å². The Labute approximate surface area is 138 Å². The molecule has 1 rings (SSSR count). The van der Waals surface area contributed by atoms with Crippen LogP contribution in [0.4, 0.5) is 0 Å². The molecule has 0 aliphatic heterocycles. The summed E-state index contributed by atoms with van der Waals surface area (Å²) in [5.41, 5.74) is 0. The summed E-state index contributed by atoms with van der Waals surface area (Å²) in [5, 5.41) is 0. The second-order valence-electron chi connectivity index (χ2n) is 5.31. The zero-order valence-electron chi connectivity index (χ0n) is 11.8. The lowest BCUT2D eigenvalue weighted by Gasteiger charge is -2.19. The summed E-state index contributed by atoms with van der Waals surface area (Å²) in [4.78, 5) is -0.202. The van der Waals surface area contributed by atoms with E-state index in [-0.39, 0.29) is 23.0 Å². The molecule has 0 amide bonds. The van der Waals surface area contributed by atoms with Gasteiger partial charge in [0.05, 0.1) is 10.5 Å². The molecule has 0 spiro atoms. The fourth-order valence-electron chi connectivity index (χ4n) is 1.36. The molecule has 0 radical (unpaired) electrons. The van der Waals surface area contributed by atoms with Gasteiger partial charge in [-0.1, -0.05) is 15.9 Å². The maximum atomic E-state index is 11.9. The lowest BCUT2D eigenvalue weighted by molar-refractivity contribution is 0.331. The first-order valence-corrected chi connectivity index (χ1v) is 10.7. The highest BCUT2D eigenvalue weighted by molar-refractivity contribution is 9.10. The lowest BCUT2D eigenvalue weighted by atomic mass is 10.3. The van der Waals surface area contributed by atoms with E-state index in [2.05, 4.69) is 15.9 Å². The number of benzene rings is 1. The highest BCUT2D eigenvalue weighted by atomic mass is 79.9. The van der Waals surface area contributed by atoms with Gasteiger partial charge in [0.15, 0.2) is 9.84 Å². The van der Waals surface area contributed by atoms with Gasteiger partial charge in [-0.05, 0) is 39.0 Å². The molecule has 0 atom stereocenters. The van der Waals surface area contributed by atoms with Crippen molar-refractivity contribution in [3.8, 4) is 5.75 Å². The van der Waals surface area contributed by atoms with Crippen LogP contribution < -0.4 is 4.74 Å². The van der Waals surface area contributed by atoms with Crippen LogP contribution in [0.2, 0.25) is 0 Å². The largest absolute Gasteiger partial charge is 0.491 e. The predicted molar refractivity (Wildman–Crippen MR) is 86.2 cm³/mol. The average Bonchev–Trinajstić information content (AvgIpc) is 2.28. The zero-order chi connectivity index (χ0) is 16.5. The van der Waals surface area contributed by atoms with E-state index in [4.69, 9.17) is 15.4 Å². The minimum atomic E-state index is -3.98. The van der Waals surface area contributed by atoms with E-state index < -0.39 is 23.6 Å². The Hall–Kier alpha value is -0.310. The summed E-state index contributed by atoms with van der Waals surface area (Å²) in [5.74, 6) is -0.189. The molecule has 0 aliphatic carbocycles. The number of ether oxygens (including phenoxy) is 1. The molecule has 0 N–H and O–H groups in total. The van der Waals surface area contributed by atoms with Gasteiger partial charge in [0.2, 0.25) is 0 Å². The normalized spacial score (nSPS) is 13.2. The van der Waals surface area contributed by atoms with E-state index in [1.165, 1.54) is 12.1 Å². The molecule has 0 fully saturated rings. The van der Waals surface area contributed by atoms with Crippen molar-refractivity contribution in [2.75, 3.05) is 12.4 Å². The van der Waals surface area contributed by atoms with Crippen molar-refractivity contribution < 1.29 is 21.6 Å². The molecule has 120 valence electrons. The molecular weight excluding hydrogens is 404 g/mol. The minimum absolute atomic E-state index is 0.0253. The Morgan fingerprint density at radius 1 is 1.19 bits per heavy atom. The summed E-state index contributed by atoms with van der Waals surface area (Å²) in [7, 11) is -1.99. The molecule has 0 saturated carbocycles. The van der Waals surface area contributed by atoms with Crippen LogP contribution in [0, 0.1) is 0 Å². The first-order chi connectivity index (χ1) is 9.34. The van der Waals surface area contributed by atoms with E-state index in [0.717, 1.165) is 0 Å². The van der Waals surface area contributed by atoms with Gasteiger partial charge >= 0.3 is 0 Å². The van der Waals surface area contributed by atoms with Crippen LogP contribution >= 0.6 is 26.6 Å². The molecule has 9 heteroatoms. The summed E-state index contributed by atoms with van der Waals surface area (Å²) in [6, 6.07) is 4.30. The average molecular weight is 420 g/mol. The Balaban J connectivity index is 2.92. The number of rotatable bonds is 5. The van der Waals surface area contributed by atoms with Gasteiger partial charge in [0.25, 0.3) is 9.05 Å². The number of hydrogen-bond acceptors (Lipinski definition) is 5. The van der Waals surface area contributed by atoms with Crippen molar-refractivity contribution in [3.05, 3.63) is 22.7 Å². The molecule has 0 saturated heterocycles. The third-order valence-electron chi connectivity index (χ3n) is 2.71. The SMILES string of the molecule is CC(C)(C)S(=O)(=O)CCOc1ccc(Br)cc1S(=O)(=O)Cl. The van der Waals surface area contributed by atoms with Gasteiger partial charge in [0.1, 0.15) is 17.3 Å². The van der Waals surface area contributed by atoms with Crippen molar-refractivity contribution in [1.29, 1.82) is 0 Å². The van der Waals surface area contributed by atoms with Crippen molar-refractivity contribution in [2.45, 2.75) is 30.4 Å². The molecule has 21 heavy (non-hydrogen) atoms. The second kappa shape index (κ2) is 6.44. The molecule has 0 bridgehead atoms. The second-order valence-corrected chi connectivity index (χ2v) is 11.6. The third-order valence-corrected chi connectivity index (χ3v) is 7.12. The highest BCUT2D eigenvalue weighted by Gasteiger charge is 2.29. The molecular formula is C12H16BrClO5S2. The van der Waals surface area contributed by atoms with Gasteiger partial charge in [-0.2, -0.15) is 0 Å². The van der Waals surface area contributed by atoms with Gasteiger partial charge in [-0.3, -0.25) is 0 Å². The van der Waals surface area contributed by atoms with E-state index in [1.807, 2.05) is 0 Å². The first kappa shape index (κ1) is 18.7. The summed E-state index contributed by atoms with van der Waals surface area (Å²) in [6.07, 6.45) is 0. The predicted octanol–water partition coefficient (Wildman–Crippen LogP) is 2.97. The summed E-state index contributed by atoms with van der Waals surface area (Å²) < 4.78 is 51.8. The highest BCUT2D eigenvalue weighted by Crippen LogP contribution is 2.30. The van der Waals surface area contributed by atoms with Crippen LogP contribution in [0.3, 0.4) is 0 Å². The maximum Gasteiger partial charge on any atom is 0.265 e. The monoisotopic (exact) mass is 418 g/mol. The van der Waals surface area contributed by atoms with Crippen LogP contribution in [-0.2, 0) is 18.9 Å². The van der Waals surface area contributed by atoms with E-state index >= 15 is 0 Å². The van der Waals surface area contributed by atoms with Crippen LogP contribution in [0.15, 0.2) is 27.6 Å². The fraction of sp³-hybridized carbons (Fsp3) is 0.500. The molecule has 1 aromatic rings. The first-order valence-electron chi connectivity index (χ1n) is 5.94. The molecule has 5 nitrogen and oxygen atoms in total. The van der Waals surface area contributed by atoms with Gasteiger partial charge in [-0.15, -0.1) is 0 Å². The van der Waals surface area contributed by atoms with Crippen LogP contribution in [0.1, 0.15) is 20.8 Å². The lowest BCUT2D eigenvalue weighted by Crippen LogP contribution is -2.32. The van der Waals surface area contributed by atoms with E-state index in [9.17, 15) is 16.8 Å². The quantitative estimate of drug-likeness (QED) is 0.686. The topological polar surface area (TPSA) is 77.5 Å². The van der Waals surface area contributed by atoms with Crippen molar-refractivity contribution in [1.82, 2.24) is 0 Å². The van der Waals surface area contributed by atoms with Crippen LogP contribution in [-0.4, -0.2) is 33.9 Å². The Morgan fingerprint density at radius 2 is 1.76 bits per heavy atom. The molecule has 1 aromatic carbocycles. The number of halogens is 2. The minimum Gasteiger partial charge on any atom is -0.491 e. The van der Waals surface area contributed by atoms with Crippen molar-refractivity contribution in [3.63, 3.8) is 0 Å².